The van der Waals surface area contributed by atoms with Crippen molar-refractivity contribution in [1.29, 1.82) is 0 Å². The van der Waals surface area contributed by atoms with E-state index >= 15 is 0 Å². The molecule has 0 aliphatic rings. The number of fused-ring (bicyclic) bond motifs is 1. The maximum Gasteiger partial charge on any atom is 0.341 e. The van der Waals surface area contributed by atoms with E-state index < -0.39 is 5.97 Å². The van der Waals surface area contributed by atoms with Gasteiger partial charge in [-0.05, 0) is 51.5 Å². The van der Waals surface area contributed by atoms with Gasteiger partial charge in [-0.3, -0.25) is 9.78 Å². The van der Waals surface area contributed by atoms with Crippen LogP contribution >= 0.6 is 11.3 Å². The summed E-state index contributed by atoms with van der Waals surface area (Å²) in [7, 11) is 1.33. The Kier molecular flexibility index (Phi) is 4.78. The van der Waals surface area contributed by atoms with Crippen LogP contribution in [0, 0.1) is 27.7 Å². The van der Waals surface area contributed by atoms with Crippen LogP contribution in [-0.2, 0) is 4.74 Å². The lowest BCUT2D eigenvalue weighted by Crippen LogP contribution is -2.16. The number of pyridine rings is 1. The van der Waals surface area contributed by atoms with Gasteiger partial charge in [-0.1, -0.05) is 11.6 Å². The number of carbonyl (C=O) groups is 2. The molecule has 1 aromatic carbocycles. The highest BCUT2D eigenvalue weighted by atomic mass is 32.1. The molecule has 0 spiro atoms. The number of anilines is 1. The van der Waals surface area contributed by atoms with E-state index in [4.69, 9.17) is 4.74 Å². The van der Waals surface area contributed by atoms with Gasteiger partial charge in [0.1, 0.15) is 5.00 Å². The molecule has 0 aliphatic heterocycles. The second-order valence-corrected chi connectivity index (χ2v) is 7.48. The Labute approximate surface area is 156 Å². The number of esters is 1. The first-order chi connectivity index (χ1) is 12.3. The Hall–Kier alpha value is -2.73. The van der Waals surface area contributed by atoms with Crippen molar-refractivity contribution in [3.8, 4) is 0 Å². The lowest BCUT2D eigenvalue weighted by molar-refractivity contribution is 0.0601. The van der Waals surface area contributed by atoms with Crippen LogP contribution in [0.25, 0.3) is 10.9 Å². The van der Waals surface area contributed by atoms with Crippen LogP contribution in [0.2, 0.25) is 0 Å². The quantitative estimate of drug-likeness (QED) is 0.688. The lowest BCUT2D eigenvalue weighted by Gasteiger charge is -2.09. The number of nitrogens with zero attached hydrogens (tertiary/aromatic N) is 1. The van der Waals surface area contributed by atoms with Gasteiger partial charge >= 0.3 is 5.97 Å². The molecule has 5 nitrogen and oxygen atoms in total. The van der Waals surface area contributed by atoms with Crippen LogP contribution in [0.4, 0.5) is 5.00 Å². The molecule has 0 fully saturated rings. The molecular weight excluding hydrogens is 348 g/mol. The van der Waals surface area contributed by atoms with Crippen LogP contribution in [0.5, 0.6) is 0 Å². The highest BCUT2D eigenvalue weighted by molar-refractivity contribution is 7.16. The molecule has 0 saturated heterocycles. The van der Waals surface area contributed by atoms with Gasteiger partial charge in [0.15, 0.2) is 0 Å². The van der Waals surface area contributed by atoms with Crippen molar-refractivity contribution >= 4 is 39.1 Å². The molecule has 3 aromatic rings. The number of amides is 1. The van der Waals surface area contributed by atoms with E-state index in [1.165, 1.54) is 18.4 Å². The molecule has 0 aliphatic carbocycles. The minimum atomic E-state index is -0.453. The summed E-state index contributed by atoms with van der Waals surface area (Å²) in [6, 6.07) is 7.78. The van der Waals surface area contributed by atoms with E-state index in [1.807, 2.05) is 45.0 Å². The van der Waals surface area contributed by atoms with E-state index in [0.29, 0.717) is 21.8 Å². The van der Waals surface area contributed by atoms with E-state index in [2.05, 4.69) is 10.3 Å². The molecule has 3 rings (SSSR count). The van der Waals surface area contributed by atoms with Crippen molar-refractivity contribution < 1.29 is 14.3 Å². The van der Waals surface area contributed by atoms with Gasteiger partial charge in [0.05, 0.1) is 29.4 Å². The van der Waals surface area contributed by atoms with Crippen molar-refractivity contribution in [3.05, 3.63) is 57.1 Å². The van der Waals surface area contributed by atoms with Crippen LogP contribution in [-0.4, -0.2) is 24.0 Å². The van der Waals surface area contributed by atoms with E-state index in [1.54, 1.807) is 6.92 Å². The number of rotatable bonds is 3. The predicted octanol–water partition coefficient (Wildman–Crippen LogP) is 4.57. The summed E-state index contributed by atoms with van der Waals surface area (Å²) in [5, 5.41) is 4.27. The highest BCUT2D eigenvalue weighted by Gasteiger charge is 2.22. The first-order valence-electron chi connectivity index (χ1n) is 8.19. The molecule has 0 atom stereocenters. The molecule has 0 saturated carbocycles. The Morgan fingerprint density at radius 2 is 1.85 bits per heavy atom. The van der Waals surface area contributed by atoms with Crippen molar-refractivity contribution in [2.45, 2.75) is 27.7 Å². The topological polar surface area (TPSA) is 68.3 Å². The average Bonchev–Trinajstić information content (AvgIpc) is 2.87. The maximum atomic E-state index is 12.9. The monoisotopic (exact) mass is 368 g/mol. The van der Waals surface area contributed by atoms with Gasteiger partial charge in [0, 0.05) is 10.3 Å². The highest BCUT2D eigenvalue weighted by Crippen LogP contribution is 2.33. The number of nitrogens with one attached hydrogen (secondary N) is 1. The van der Waals surface area contributed by atoms with Crippen molar-refractivity contribution in [2.24, 2.45) is 0 Å². The SMILES string of the molecule is COC(=O)c1c(NC(=O)c2cc3cc(C)ccc3nc2C)sc(C)c1C. The number of hydrogen-bond donors (Lipinski definition) is 1. The second-order valence-electron chi connectivity index (χ2n) is 6.25. The van der Waals surface area contributed by atoms with Gasteiger partial charge in [-0.15, -0.1) is 11.3 Å². The zero-order valence-electron chi connectivity index (χ0n) is 15.4. The number of methoxy groups -OCH3 is 1. The number of carbonyl (C=O) groups excluding carboxylic acids is 2. The summed E-state index contributed by atoms with van der Waals surface area (Å²) in [4.78, 5) is 30.4. The minimum absolute atomic E-state index is 0.287. The van der Waals surface area contributed by atoms with Crippen LogP contribution < -0.4 is 5.32 Å². The fraction of sp³-hybridized carbons (Fsp3) is 0.250. The summed E-state index contributed by atoms with van der Waals surface area (Å²) < 4.78 is 4.86. The first-order valence-corrected chi connectivity index (χ1v) is 9.01. The smallest absolute Gasteiger partial charge is 0.341 e. The Morgan fingerprint density at radius 3 is 2.54 bits per heavy atom. The third-order valence-corrected chi connectivity index (χ3v) is 5.53. The zero-order valence-corrected chi connectivity index (χ0v) is 16.2. The normalized spacial score (nSPS) is 10.8. The average molecular weight is 368 g/mol. The zero-order chi connectivity index (χ0) is 19.0. The molecule has 6 heteroatoms. The van der Waals surface area contributed by atoms with Gasteiger partial charge < -0.3 is 10.1 Å². The molecule has 2 aromatic heterocycles. The standard InChI is InChI=1S/C20H20N2O3S/c1-10-6-7-16-14(8-10)9-15(12(3)21-16)18(23)22-19-17(20(24)25-5)11(2)13(4)26-19/h6-9H,1-5H3,(H,22,23). The van der Waals surface area contributed by atoms with E-state index in [9.17, 15) is 9.59 Å². The molecule has 26 heavy (non-hydrogen) atoms. The van der Waals surface area contributed by atoms with Gasteiger partial charge in [-0.25, -0.2) is 4.79 Å². The number of aromatic nitrogens is 1. The van der Waals surface area contributed by atoms with Crippen molar-refractivity contribution in [3.63, 3.8) is 0 Å². The number of hydrogen-bond acceptors (Lipinski definition) is 5. The van der Waals surface area contributed by atoms with Crippen LogP contribution in [0.15, 0.2) is 24.3 Å². The minimum Gasteiger partial charge on any atom is -0.465 e. The van der Waals surface area contributed by atoms with Crippen molar-refractivity contribution in [2.75, 3.05) is 12.4 Å². The van der Waals surface area contributed by atoms with Gasteiger partial charge in [-0.2, -0.15) is 0 Å². The fourth-order valence-electron chi connectivity index (χ4n) is 2.86. The van der Waals surface area contributed by atoms with Gasteiger partial charge in [0.2, 0.25) is 0 Å². The molecule has 134 valence electrons. The lowest BCUT2D eigenvalue weighted by atomic mass is 10.1. The van der Waals surface area contributed by atoms with Crippen LogP contribution in [0.3, 0.4) is 0 Å². The largest absolute Gasteiger partial charge is 0.465 e. The molecule has 2 heterocycles. The maximum absolute atomic E-state index is 12.9. The molecule has 1 amide bonds. The van der Waals surface area contributed by atoms with E-state index in [-0.39, 0.29) is 5.91 Å². The van der Waals surface area contributed by atoms with Gasteiger partial charge in [0.25, 0.3) is 5.91 Å². The van der Waals surface area contributed by atoms with Crippen molar-refractivity contribution in [1.82, 2.24) is 4.98 Å². The molecule has 1 N–H and O–H groups in total. The summed E-state index contributed by atoms with van der Waals surface area (Å²) >= 11 is 1.37. The predicted molar refractivity (Wildman–Crippen MR) is 104 cm³/mol. The number of benzene rings is 1. The van der Waals surface area contributed by atoms with Crippen LogP contribution in [0.1, 0.15) is 42.4 Å². The Balaban J connectivity index is 2.01. The molecule has 0 radical (unpaired) electrons. The summed E-state index contributed by atoms with van der Waals surface area (Å²) in [5.41, 5.74) is 4.31. The Bertz CT molecular complexity index is 1040. The molecule has 0 unspecified atom stereocenters. The number of aryl methyl sites for hydroxylation is 3. The molecular formula is C20H20N2O3S. The summed E-state index contributed by atoms with van der Waals surface area (Å²) in [6.45, 7) is 7.56. The Morgan fingerprint density at radius 1 is 1.12 bits per heavy atom. The number of thiophene rings is 1. The second kappa shape index (κ2) is 6.88. The summed E-state index contributed by atoms with van der Waals surface area (Å²) in [5.74, 6) is -0.740. The molecule has 0 bridgehead atoms. The summed E-state index contributed by atoms with van der Waals surface area (Å²) in [6.07, 6.45) is 0. The van der Waals surface area contributed by atoms with E-state index in [0.717, 1.165) is 26.9 Å². The third kappa shape index (κ3) is 3.20. The fourth-order valence-corrected chi connectivity index (χ4v) is 3.90. The first kappa shape index (κ1) is 18.1. The number of ether oxygens (including phenoxy) is 1. The third-order valence-electron chi connectivity index (χ3n) is 4.41.